The van der Waals surface area contributed by atoms with Gasteiger partial charge in [-0.25, -0.2) is 4.79 Å². The van der Waals surface area contributed by atoms with Gasteiger partial charge in [-0.3, -0.25) is 4.79 Å². The minimum absolute atomic E-state index is 0.0605. The van der Waals surface area contributed by atoms with Crippen molar-refractivity contribution in [3.8, 4) is 6.07 Å². The molecule has 1 rings (SSSR count). The first-order valence-corrected chi connectivity index (χ1v) is 6.69. The van der Waals surface area contributed by atoms with Gasteiger partial charge in [0.2, 0.25) is 0 Å². The van der Waals surface area contributed by atoms with Crippen molar-refractivity contribution in [1.82, 2.24) is 5.32 Å². The average molecular weight is 286 g/mol. The molecule has 1 aromatic carbocycles. The molecule has 0 heterocycles. The molecule has 5 heteroatoms. The summed E-state index contributed by atoms with van der Waals surface area (Å²) in [6, 6.07) is 8.83. The molecule has 0 aliphatic rings. The number of ether oxygens (including phenoxy) is 1. The maximum Gasteiger partial charge on any atom is 0.331 e. The normalized spacial score (nSPS) is 11.7. The van der Waals surface area contributed by atoms with E-state index in [1.807, 2.05) is 19.9 Å². The Morgan fingerprint density at radius 2 is 2.05 bits per heavy atom. The van der Waals surface area contributed by atoms with E-state index in [4.69, 9.17) is 10.00 Å². The predicted octanol–water partition coefficient (Wildman–Crippen LogP) is 2.03. The summed E-state index contributed by atoms with van der Waals surface area (Å²) in [5.41, 5.74) is 1.33. The molecule has 5 nitrogen and oxygen atoms in total. The summed E-state index contributed by atoms with van der Waals surface area (Å²) in [7, 11) is 0. The Labute approximate surface area is 124 Å². The highest BCUT2D eigenvalue weighted by Gasteiger charge is 2.07. The van der Waals surface area contributed by atoms with Gasteiger partial charge in [0.1, 0.15) is 0 Å². The number of nitriles is 1. The second kappa shape index (κ2) is 8.54. The van der Waals surface area contributed by atoms with Crippen molar-refractivity contribution in [3.05, 3.63) is 41.5 Å². The van der Waals surface area contributed by atoms with E-state index in [2.05, 4.69) is 5.32 Å². The summed E-state index contributed by atoms with van der Waals surface area (Å²) >= 11 is 0. The number of esters is 1. The van der Waals surface area contributed by atoms with E-state index in [-0.39, 0.29) is 18.6 Å². The zero-order chi connectivity index (χ0) is 15.7. The van der Waals surface area contributed by atoms with Crippen molar-refractivity contribution in [2.75, 3.05) is 6.61 Å². The molecule has 0 spiro atoms. The van der Waals surface area contributed by atoms with Crippen LogP contribution in [-0.2, 0) is 14.3 Å². The molecular weight excluding hydrogens is 268 g/mol. The van der Waals surface area contributed by atoms with Gasteiger partial charge in [0.15, 0.2) is 6.61 Å². The van der Waals surface area contributed by atoms with Crippen LogP contribution in [0, 0.1) is 11.3 Å². The smallest absolute Gasteiger partial charge is 0.331 e. The maximum absolute atomic E-state index is 11.5. The number of rotatable bonds is 6. The topological polar surface area (TPSA) is 79.2 Å². The van der Waals surface area contributed by atoms with E-state index in [9.17, 15) is 9.59 Å². The molecular formula is C16H18N2O3. The molecule has 21 heavy (non-hydrogen) atoms. The van der Waals surface area contributed by atoms with E-state index in [1.165, 1.54) is 6.08 Å². The molecule has 110 valence electrons. The molecule has 0 radical (unpaired) electrons. The molecule has 0 aliphatic heterocycles. The van der Waals surface area contributed by atoms with E-state index >= 15 is 0 Å². The Balaban J connectivity index is 2.41. The van der Waals surface area contributed by atoms with E-state index in [0.29, 0.717) is 5.56 Å². The third kappa shape index (κ3) is 6.39. The lowest BCUT2D eigenvalue weighted by Gasteiger charge is -2.10. The van der Waals surface area contributed by atoms with Gasteiger partial charge >= 0.3 is 5.97 Å². The van der Waals surface area contributed by atoms with Gasteiger partial charge in [-0.2, -0.15) is 5.26 Å². The highest BCUT2D eigenvalue weighted by Crippen LogP contribution is 2.05. The van der Waals surface area contributed by atoms with Crippen molar-refractivity contribution < 1.29 is 14.3 Å². The molecule has 0 unspecified atom stereocenters. The lowest BCUT2D eigenvalue weighted by molar-refractivity contribution is -0.144. The van der Waals surface area contributed by atoms with Crippen molar-refractivity contribution in [1.29, 1.82) is 5.26 Å². The summed E-state index contributed by atoms with van der Waals surface area (Å²) in [6.07, 6.45) is 3.63. The lowest BCUT2D eigenvalue weighted by atomic mass is 10.1. The first-order valence-electron chi connectivity index (χ1n) is 6.69. The molecule has 1 amide bonds. The molecule has 1 aromatic rings. The largest absolute Gasteiger partial charge is 0.452 e. The van der Waals surface area contributed by atoms with Gasteiger partial charge in [0.05, 0.1) is 11.6 Å². The highest BCUT2D eigenvalue weighted by molar-refractivity contribution is 5.89. The summed E-state index contributed by atoms with van der Waals surface area (Å²) in [6.45, 7) is 3.54. The number of nitrogens with zero attached hydrogens (tertiary/aromatic N) is 1. The molecule has 0 aromatic heterocycles. The highest BCUT2D eigenvalue weighted by atomic mass is 16.5. The zero-order valence-corrected chi connectivity index (χ0v) is 12.1. The number of carbonyl (C=O) groups is 2. The van der Waals surface area contributed by atoms with Crippen LogP contribution in [0.2, 0.25) is 0 Å². The first-order chi connectivity index (χ1) is 10.0. The minimum atomic E-state index is -0.585. The second-order valence-electron chi connectivity index (χ2n) is 4.55. The van der Waals surface area contributed by atoms with Gasteiger partial charge < -0.3 is 10.1 Å². The second-order valence-corrected chi connectivity index (χ2v) is 4.55. The molecule has 0 saturated heterocycles. The number of hydrogen-bond donors (Lipinski definition) is 1. The quantitative estimate of drug-likeness (QED) is 0.641. The SMILES string of the molecule is CC[C@H](C)NC(=O)COC(=O)/C=C/c1ccc(C#N)cc1. The first kappa shape index (κ1) is 16.4. The zero-order valence-electron chi connectivity index (χ0n) is 12.1. The van der Waals surface area contributed by atoms with Crippen molar-refractivity contribution in [2.45, 2.75) is 26.3 Å². The van der Waals surface area contributed by atoms with Crippen LogP contribution in [0.25, 0.3) is 6.08 Å². The standard InChI is InChI=1S/C16H18N2O3/c1-3-12(2)18-15(19)11-21-16(20)9-8-13-4-6-14(10-17)7-5-13/h4-9,12H,3,11H2,1-2H3,(H,18,19)/b9-8+/t12-/m0/s1. The predicted molar refractivity (Wildman–Crippen MR) is 79.0 cm³/mol. The number of carbonyl (C=O) groups excluding carboxylic acids is 2. The van der Waals surface area contributed by atoms with Crippen molar-refractivity contribution >= 4 is 18.0 Å². The summed E-state index contributed by atoms with van der Waals surface area (Å²) in [5.74, 6) is -0.900. The van der Waals surface area contributed by atoms with E-state index in [0.717, 1.165) is 12.0 Å². The number of nitrogens with one attached hydrogen (secondary N) is 1. The Morgan fingerprint density at radius 3 is 2.62 bits per heavy atom. The Hall–Kier alpha value is -2.61. The fourth-order valence-corrected chi connectivity index (χ4v) is 1.44. The van der Waals surface area contributed by atoms with Crippen LogP contribution in [0.4, 0.5) is 0 Å². The van der Waals surface area contributed by atoms with Gasteiger partial charge in [-0.1, -0.05) is 19.1 Å². The van der Waals surface area contributed by atoms with Gasteiger partial charge in [-0.05, 0) is 37.1 Å². The Bertz CT molecular complexity index is 556. The molecule has 1 N–H and O–H groups in total. The van der Waals surface area contributed by atoms with Gasteiger partial charge in [-0.15, -0.1) is 0 Å². The van der Waals surface area contributed by atoms with Crippen molar-refractivity contribution in [3.63, 3.8) is 0 Å². The monoisotopic (exact) mass is 286 g/mol. The molecule has 0 saturated carbocycles. The fraction of sp³-hybridized carbons (Fsp3) is 0.312. The fourth-order valence-electron chi connectivity index (χ4n) is 1.44. The third-order valence-electron chi connectivity index (χ3n) is 2.82. The van der Waals surface area contributed by atoms with E-state index in [1.54, 1.807) is 30.3 Å². The van der Waals surface area contributed by atoms with Gasteiger partial charge in [0.25, 0.3) is 5.91 Å². The number of benzene rings is 1. The Kier molecular flexibility index (Phi) is 6.69. The minimum Gasteiger partial charge on any atom is -0.452 e. The third-order valence-corrected chi connectivity index (χ3v) is 2.82. The number of amides is 1. The van der Waals surface area contributed by atoms with Crippen LogP contribution in [0.1, 0.15) is 31.4 Å². The van der Waals surface area contributed by atoms with Crippen LogP contribution in [-0.4, -0.2) is 24.5 Å². The van der Waals surface area contributed by atoms with Crippen LogP contribution < -0.4 is 5.32 Å². The molecule has 0 fully saturated rings. The summed E-state index contributed by atoms with van der Waals surface area (Å²) in [4.78, 5) is 22.9. The summed E-state index contributed by atoms with van der Waals surface area (Å²) < 4.78 is 4.83. The lowest BCUT2D eigenvalue weighted by Crippen LogP contribution is -2.35. The Morgan fingerprint density at radius 1 is 1.38 bits per heavy atom. The molecule has 0 bridgehead atoms. The van der Waals surface area contributed by atoms with Crippen LogP contribution in [0.5, 0.6) is 0 Å². The van der Waals surface area contributed by atoms with Crippen LogP contribution >= 0.6 is 0 Å². The molecule has 0 aliphatic carbocycles. The van der Waals surface area contributed by atoms with Gasteiger partial charge in [0, 0.05) is 12.1 Å². The van der Waals surface area contributed by atoms with Crippen LogP contribution in [0.3, 0.4) is 0 Å². The van der Waals surface area contributed by atoms with Crippen molar-refractivity contribution in [2.24, 2.45) is 0 Å². The van der Waals surface area contributed by atoms with E-state index < -0.39 is 5.97 Å². The number of hydrogen-bond acceptors (Lipinski definition) is 4. The maximum atomic E-state index is 11.5. The average Bonchev–Trinajstić information content (AvgIpc) is 2.51. The van der Waals surface area contributed by atoms with Crippen LogP contribution in [0.15, 0.2) is 30.3 Å². The summed E-state index contributed by atoms with van der Waals surface area (Å²) in [5, 5.41) is 11.4. The molecule has 1 atom stereocenters.